The molecular weight excluding hydrogens is 332 g/mol. The number of hydrogen-bond donors (Lipinski definition) is 1. The van der Waals surface area contributed by atoms with Crippen LogP contribution in [0.3, 0.4) is 0 Å². The minimum absolute atomic E-state index is 0.0264. The summed E-state index contributed by atoms with van der Waals surface area (Å²) in [5.74, 6) is -2.32. The number of β-lactam (4-membered cyclic amide) rings is 1. The number of hydrogen-bond acceptors (Lipinski definition) is 7. The highest BCUT2D eigenvalue weighted by atomic mass is 16.6. The van der Waals surface area contributed by atoms with Crippen LogP contribution >= 0.6 is 0 Å². The molecule has 0 saturated carbocycles. The summed E-state index contributed by atoms with van der Waals surface area (Å²) in [6, 6.07) is 3.73. The van der Waals surface area contributed by atoms with Gasteiger partial charge in [0.05, 0.1) is 23.0 Å². The number of nitrogens with zero attached hydrogens (tertiary/aromatic N) is 2. The van der Waals surface area contributed by atoms with E-state index >= 15 is 0 Å². The summed E-state index contributed by atoms with van der Waals surface area (Å²) in [5, 5.41) is 20.2. The van der Waals surface area contributed by atoms with E-state index in [1.165, 1.54) is 36.1 Å². The van der Waals surface area contributed by atoms with Gasteiger partial charge in [0, 0.05) is 18.6 Å². The van der Waals surface area contributed by atoms with Crippen LogP contribution in [0, 0.1) is 16.0 Å². The Hall–Kier alpha value is -2.81. The maximum atomic E-state index is 12.2. The Balaban J connectivity index is 1.63. The third-order valence-corrected chi connectivity index (χ3v) is 4.58. The van der Waals surface area contributed by atoms with Gasteiger partial charge in [-0.25, -0.2) is 4.79 Å². The Labute approximate surface area is 142 Å². The van der Waals surface area contributed by atoms with Crippen LogP contribution in [-0.2, 0) is 25.7 Å². The number of fused-ring (bicyclic) bond motifs is 1. The minimum atomic E-state index is -1.27. The smallest absolute Gasteiger partial charge is 0.337 e. The molecule has 9 nitrogen and oxygen atoms in total. The number of aliphatic hydroxyl groups is 1. The van der Waals surface area contributed by atoms with Gasteiger partial charge in [-0.15, -0.1) is 0 Å². The molecule has 2 aliphatic heterocycles. The van der Waals surface area contributed by atoms with Gasteiger partial charge in [0.15, 0.2) is 11.8 Å². The van der Waals surface area contributed by atoms with Crippen molar-refractivity contribution >= 4 is 23.3 Å². The SMILES string of the molecule is C[C@@H](O)C1C(=O)N2C1CC(=O)[C@H]2C(=O)OCc1ccc([N+](=O)[O-])cc1. The number of ether oxygens (including phenoxy) is 1. The van der Waals surface area contributed by atoms with Gasteiger partial charge < -0.3 is 14.7 Å². The third kappa shape index (κ3) is 2.86. The van der Waals surface area contributed by atoms with Gasteiger partial charge in [-0.1, -0.05) is 0 Å². The number of ketones is 1. The molecule has 1 N–H and O–H groups in total. The maximum Gasteiger partial charge on any atom is 0.337 e. The summed E-state index contributed by atoms with van der Waals surface area (Å²) in [4.78, 5) is 47.6. The fourth-order valence-electron chi connectivity index (χ4n) is 3.33. The van der Waals surface area contributed by atoms with Crippen LogP contribution < -0.4 is 0 Å². The van der Waals surface area contributed by atoms with Gasteiger partial charge in [-0.3, -0.25) is 19.7 Å². The van der Waals surface area contributed by atoms with E-state index in [4.69, 9.17) is 4.74 Å². The minimum Gasteiger partial charge on any atom is -0.459 e. The Kier molecular flexibility index (Phi) is 4.25. The number of nitro groups is 1. The first-order valence-corrected chi connectivity index (χ1v) is 7.74. The van der Waals surface area contributed by atoms with E-state index in [0.717, 1.165) is 0 Å². The lowest BCUT2D eigenvalue weighted by Crippen LogP contribution is -2.64. The van der Waals surface area contributed by atoms with E-state index in [-0.39, 0.29) is 18.7 Å². The van der Waals surface area contributed by atoms with E-state index < -0.39 is 46.7 Å². The summed E-state index contributed by atoms with van der Waals surface area (Å²) in [6.07, 6.45) is -0.852. The zero-order chi connectivity index (χ0) is 18.3. The molecule has 132 valence electrons. The first-order chi connectivity index (χ1) is 11.8. The van der Waals surface area contributed by atoms with Crippen LogP contribution in [0.5, 0.6) is 0 Å². The molecule has 2 unspecified atom stereocenters. The molecule has 2 saturated heterocycles. The highest BCUT2D eigenvalue weighted by Gasteiger charge is 2.61. The van der Waals surface area contributed by atoms with Crippen molar-refractivity contribution < 1.29 is 29.2 Å². The molecule has 0 aromatic heterocycles. The number of non-ortho nitro benzene ring substituents is 1. The standard InChI is InChI=1S/C16H16N2O7/c1-8(19)13-11-6-12(20)14(17(11)15(13)21)16(22)25-7-9-2-4-10(5-3-9)18(23)24/h2-5,8,11,13-14,19H,6-7H2,1H3/t8-,11?,13?,14+/m1/s1. The Morgan fingerprint density at radius 1 is 1.40 bits per heavy atom. The Morgan fingerprint density at radius 3 is 2.60 bits per heavy atom. The zero-order valence-electron chi connectivity index (χ0n) is 13.3. The van der Waals surface area contributed by atoms with Crippen molar-refractivity contribution in [1.82, 2.24) is 4.90 Å². The molecule has 3 rings (SSSR count). The van der Waals surface area contributed by atoms with Gasteiger partial charge in [0.25, 0.3) is 5.69 Å². The zero-order valence-corrected chi connectivity index (χ0v) is 13.3. The first kappa shape index (κ1) is 17.0. The molecule has 1 aromatic carbocycles. The fourth-order valence-corrected chi connectivity index (χ4v) is 3.33. The van der Waals surface area contributed by atoms with Crippen molar-refractivity contribution in [3.8, 4) is 0 Å². The van der Waals surface area contributed by atoms with Crippen molar-refractivity contribution in [2.45, 2.75) is 38.1 Å². The largest absolute Gasteiger partial charge is 0.459 e. The van der Waals surface area contributed by atoms with Crippen molar-refractivity contribution in [2.75, 3.05) is 0 Å². The number of nitro benzene ring substituents is 1. The molecule has 25 heavy (non-hydrogen) atoms. The number of amides is 1. The summed E-state index contributed by atoms with van der Waals surface area (Å²) in [5.41, 5.74) is 0.442. The predicted octanol–water partition coefficient (Wildman–Crippen LogP) is 0.187. The number of carbonyl (C=O) groups excluding carboxylic acids is 3. The average molecular weight is 348 g/mol. The molecule has 9 heteroatoms. The summed E-state index contributed by atoms with van der Waals surface area (Å²) in [6.45, 7) is 1.32. The molecule has 0 radical (unpaired) electrons. The number of rotatable bonds is 5. The Bertz CT molecular complexity index is 743. The predicted molar refractivity (Wildman–Crippen MR) is 82.1 cm³/mol. The topological polar surface area (TPSA) is 127 Å². The van der Waals surface area contributed by atoms with Crippen LogP contribution in [0.2, 0.25) is 0 Å². The second-order valence-electron chi connectivity index (χ2n) is 6.18. The quantitative estimate of drug-likeness (QED) is 0.264. The van der Waals surface area contributed by atoms with E-state index in [1.54, 1.807) is 0 Å². The van der Waals surface area contributed by atoms with Gasteiger partial charge in [-0.2, -0.15) is 0 Å². The molecule has 2 fully saturated rings. The van der Waals surface area contributed by atoms with Crippen LogP contribution in [-0.4, -0.2) is 50.8 Å². The van der Waals surface area contributed by atoms with Gasteiger partial charge in [0.1, 0.15) is 6.61 Å². The van der Waals surface area contributed by atoms with Crippen molar-refractivity contribution in [3.05, 3.63) is 39.9 Å². The monoisotopic (exact) mass is 348 g/mol. The number of aliphatic hydroxyl groups excluding tert-OH is 1. The van der Waals surface area contributed by atoms with Crippen molar-refractivity contribution in [1.29, 1.82) is 0 Å². The van der Waals surface area contributed by atoms with Crippen LogP contribution in [0.4, 0.5) is 5.69 Å². The molecule has 1 aromatic rings. The molecule has 0 spiro atoms. The molecule has 1 amide bonds. The van der Waals surface area contributed by atoms with Gasteiger partial charge in [0.2, 0.25) is 5.91 Å². The van der Waals surface area contributed by atoms with Gasteiger partial charge >= 0.3 is 5.97 Å². The lowest BCUT2D eigenvalue weighted by atomic mass is 9.84. The molecule has 0 aliphatic carbocycles. The second kappa shape index (κ2) is 6.25. The molecule has 2 heterocycles. The highest BCUT2D eigenvalue weighted by Crippen LogP contribution is 2.40. The van der Waals surface area contributed by atoms with Crippen LogP contribution in [0.1, 0.15) is 18.9 Å². The van der Waals surface area contributed by atoms with Crippen molar-refractivity contribution in [2.24, 2.45) is 5.92 Å². The number of carbonyl (C=O) groups is 3. The second-order valence-corrected chi connectivity index (χ2v) is 6.18. The lowest BCUT2D eigenvalue weighted by molar-refractivity contribution is -0.384. The van der Waals surface area contributed by atoms with Crippen molar-refractivity contribution in [3.63, 3.8) is 0 Å². The van der Waals surface area contributed by atoms with E-state index in [1.807, 2.05) is 0 Å². The summed E-state index contributed by atoms with van der Waals surface area (Å²) in [7, 11) is 0. The van der Waals surface area contributed by atoms with E-state index in [0.29, 0.717) is 5.56 Å². The summed E-state index contributed by atoms with van der Waals surface area (Å²) < 4.78 is 5.09. The fraction of sp³-hybridized carbons (Fsp3) is 0.438. The average Bonchev–Trinajstić information content (AvgIpc) is 2.85. The third-order valence-electron chi connectivity index (χ3n) is 4.58. The highest BCUT2D eigenvalue weighted by molar-refractivity contribution is 6.11. The van der Waals surface area contributed by atoms with E-state index in [9.17, 15) is 29.6 Å². The molecule has 4 atom stereocenters. The van der Waals surface area contributed by atoms with Crippen LogP contribution in [0.15, 0.2) is 24.3 Å². The lowest BCUT2D eigenvalue weighted by Gasteiger charge is -2.45. The maximum absolute atomic E-state index is 12.2. The summed E-state index contributed by atoms with van der Waals surface area (Å²) >= 11 is 0. The first-order valence-electron chi connectivity index (χ1n) is 7.74. The Morgan fingerprint density at radius 2 is 2.04 bits per heavy atom. The molecular formula is C16H16N2O7. The van der Waals surface area contributed by atoms with E-state index in [2.05, 4.69) is 0 Å². The number of benzene rings is 1. The van der Waals surface area contributed by atoms with Gasteiger partial charge in [-0.05, 0) is 24.6 Å². The number of Topliss-reactive ketones (excluding diaryl/α,β-unsaturated/α-hetero) is 1. The number of esters is 1. The molecule has 2 aliphatic rings. The van der Waals surface area contributed by atoms with Crippen LogP contribution in [0.25, 0.3) is 0 Å². The molecule has 0 bridgehead atoms. The normalized spacial score (nSPS) is 26.0.